The average molecular weight is 261 g/mol. The van der Waals surface area contributed by atoms with Crippen molar-refractivity contribution in [2.45, 2.75) is 13.8 Å². The first-order valence-corrected chi connectivity index (χ1v) is 6.39. The van der Waals surface area contributed by atoms with Crippen LogP contribution in [0.4, 0.5) is 0 Å². The summed E-state index contributed by atoms with van der Waals surface area (Å²) in [5.41, 5.74) is 1.42. The van der Waals surface area contributed by atoms with Crippen LogP contribution in [0.5, 0.6) is 0 Å². The fourth-order valence-corrected chi connectivity index (χ4v) is 1.98. The molecular formula is C14H20BNO3. The molecule has 0 aliphatic carbocycles. The minimum absolute atomic E-state index is 0.0227. The Labute approximate surface area is 113 Å². The third-order valence-corrected chi connectivity index (χ3v) is 3.30. The van der Waals surface area contributed by atoms with Crippen LogP contribution < -0.4 is 5.59 Å². The Balaban J connectivity index is 2.17. The van der Waals surface area contributed by atoms with Crippen molar-refractivity contribution in [3.8, 4) is 0 Å². The van der Waals surface area contributed by atoms with Gasteiger partial charge in [0.25, 0.3) is 0 Å². The first-order valence-electron chi connectivity index (χ1n) is 6.39. The number of rotatable bonds is 5. The fourth-order valence-electron chi connectivity index (χ4n) is 1.98. The zero-order valence-corrected chi connectivity index (χ0v) is 11.6. The molecule has 2 rings (SSSR count). The van der Waals surface area contributed by atoms with E-state index in [2.05, 4.69) is 0 Å². The number of aliphatic hydroxyl groups excluding tert-OH is 1. The fraction of sp³-hybridized carbons (Fsp3) is 0.429. The molecule has 2 N–H and O–H groups in total. The molecule has 0 radical (unpaired) electrons. The van der Waals surface area contributed by atoms with Crippen LogP contribution in [-0.2, 0) is 11.7 Å². The summed E-state index contributed by atoms with van der Waals surface area (Å²) in [6.45, 7) is 4.10. The number of benzene rings is 1. The molecule has 0 aliphatic heterocycles. The van der Waals surface area contributed by atoms with Gasteiger partial charge in [-0.3, -0.25) is 0 Å². The molecule has 0 bridgehead atoms. The number of fused-ring (bicyclic) bond motifs is 1. The largest absolute Gasteiger partial charge is 0.508 e. The maximum Gasteiger partial charge on any atom is 0.508 e. The van der Waals surface area contributed by atoms with E-state index in [1.54, 1.807) is 0 Å². The Bertz CT molecular complexity index is 565. The monoisotopic (exact) mass is 261 g/mol. The number of para-hydroxylation sites is 1. The molecular weight excluding hydrogens is 241 g/mol. The lowest BCUT2D eigenvalue weighted by atomic mass is 9.84. The Hall–Kier alpha value is -1.30. The smallest absolute Gasteiger partial charge is 0.422 e. The first-order chi connectivity index (χ1) is 8.94. The molecule has 0 spiro atoms. The number of nitrogens with zero attached hydrogens (tertiary/aromatic N) is 1. The van der Waals surface area contributed by atoms with Crippen molar-refractivity contribution < 1.29 is 14.8 Å². The summed E-state index contributed by atoms with van der Waals surface area (Å²) in [6.07, 6.45) is 0. The second-order valence-electron chi connectivity index (χ2n) is 5.67. The van der Waals surface area contributed by atoms with E-state index in [0.717, 1.165) is 16.5 Å². The second-order valence-corrected chi connectivity index (χ2v) is 5.67. The Morgan fingerprint density at radius 1 is 1.32 bits per heavy atom. The van der Waals surface area contributed by atoms with Crippen LogP contribution in [0, 0.1) is 5.41 Å². The molecule has 0 aliphatic rings. The summed E-state index contributed by atoms with van der Waals surface area (Å²) in [5.74, 6) is 0. The van der Waals surface area contributed by atoms with E-state index in [1.807, 2.05) is 55.8 Å². The maximum atomic E-state index is 10.1. The average Bonchev–Trinajstić information content (AvgIpc) is 2.74. The van der Waals surface area contributed by atoms with E-state index in [-0.39, 0.29) is 12.0 Å². The van der Waals surface area contributed by atoms with Gasteiger partial charge < -0.3 is 19.4 Å². The highest BCUT2D eigenvalue weighted by molar-refractivity contribution is 6.59. The normalized spacial score (nSPS) is 12.1. The number of aromatic nitrogens is 1. The minimum atomic E-state index is -0.983. The van der Waals surface area contributed by atoms with Crippen molar-refractivity contribution in [1.82, 2.24) is 4.57 Å². The van der Waals surface area contributed by atoms with Crippen LogP contribution in [0.3, 0.4) is 0 Å². The van der Waals surface area contributed by atoms with Crippen LogP contribution >= 0.6 is 0 Å². The van der Waals surface area contributed by atoms with Crippen molar-refractivity contribution in [2.75, 3.05) is 13.2 Å². The molecule has 19 heavy (non-hydrogen) atoms. The summed E-state index contributed by atoms with van der Waals surface area (Å²) in [6, 6.07) is 9.86. The number of hydrogen-bond acceptors (Lipinski definition) is 3. The summed E-state index contributed by atoms with van der Waals surface area (Å²) in [7, 11) is 0.921. The van der Waals surface area contributed by atoms with Crippen molar-refractivity contribution >= 4 is 23.6 Å². The zero-order chi connectivity index (χ0) is 14.0. The second kappa shape index (κ2) is 5.37. The van der Waals surface area contributed by atoms with Gasteiger partial charge in [0.05, 0.1) is 6.61 Å². The molecule has 0 fully saturated rings. The van der Waals surface area contributed by atoms with Crippen molar-refractivity contribution in [3.05, 3.63) is 30.3 Å². The lowest BCUT2D eigenvalue weighted by Gasteiger charge is -2.22. The number of aryl methyl sites for hydroxylation is 1. The molecule has 1 aromatic carbocycles. The minimum Gasteiger partial charge on any atom is -0.422 e. The molecule has 2 aromatic rings. The molecule has 102 valence electrons. The Kier molecular flexibility index (Phi) is 3.99. The molecule has 0 saturated heterocycles. The molecule has 0 saturated carbocycles. The van der Waals surface area contributed by atoms with Crippen molar-refractivity contribution in [3.63, 3.8) is 0 Å². The molecule has 4 nitrogen and oxygen atoms in total. The van der Waals surface area contributed by atoms with E-state index in [4.69, 9.17) is 4.65 Å². The SMILES string of the molecule is Cn1c(B(O)OCC(C)(C)CO)cc2ccccc21. The molecule has 1 heterocycles. The van der Waals surface area contributed by atoms with E-state index in [0.29, 0.717) is 6.61 Å². The molecule has 1 aromatic heterocycles. The molecule has 0 atom stereocenters. The van der Waals surface area contributed by atoms with E-state index >= 15 is 0 Å². The highest BCUT2D eigenvalue weighted by atomic mass is 16.5. The van der Waals surface area contributed by atoms with E-state index in [1.165, 1.54) is 0 Å². The standard InChI is InChI=1S/C14H20BNO3/c1-14(2,9-17)10-19-15(18)13-8-11-6-4-5-7-12(11)16(13)3/h4-8,17-18H,9-10H2,1-3H3. The van der Waals surface area contributed by atoms with Gasteiger partial charge >= 0.3 is 7.12 Å². The predicted molar refractivity (Wildman–Crippen MR) is 77.3 cm³/mol. The van der Waals surface area contributed by atoms with Crippen LogP contribution in [0.25, 0.3) is 10.9 Å². The van der Waals surface area contributed by atoms with Gasteiger partial charge in [0.2, 0.25) is 0 Å². The van der Waals surface area contributed by atoms with Gasteiger partial charge in [0.1, 0.15) is 0 Å². The van der Waals surface area contributed by atoms with E-state index < -0.39 is 7.12 Å². The first kappa shape index (κ1) is 14.1. The van der Waals surface area contributed by atoms with Crippen LogP contribution in [-0.4, -0.2) is 35.0 Å². The van der Waals surface area contributed by atoms with Gasteiger partial charge in [-0.15, -0.1) is 0 Å². The number of aliphatic hydroxyl groups is 1. The topological polar surface area (TPSA) is 54.6 Å². The zero-order valence-electron chi connectivity index (χ0n) is 11.6. The van der Waals surface area contributed by atoms with Crippen LogP contribution in [0.15, 0.2) is 30.3 Å². The lowest BCUT2D eigenvalue weighted by molar-refractivity contribution is 0.0884. The van der Waals surface area contributed by atoms with Gasteiger partial charge in [-0.05, 0) is 17.5 Å². The van der Waals surface area contributed by atoms with Gasteiger partial charge in [0, 0.05) is 30.2 Å². The third-order valence-electron chi connectivity index (χ3n) is 3.30. The molecule has 0 amide bonds. The Morgan fingerprint density at radius 2 is 2.00 bits per heavy atom. The highest BCUT2D eigenvalue weighted by Gasteiger charge is 2.25. The van der Waals surface area contributed by atoms with Crippen molar-refractivity contribution in [1.29, 1.82) is 0 Å². The van der Waals surface area contributed by atoms with Crippen molar-refractivity contribution in [2.24, 2.45) is 12.5 Å². The summed E-state index contributed by atoms with van der Waals surface area (Å²) in [5, 5.41) is 20.4. The lowest BCUT2D eigenvalue weighted by Crippen LogP contribution is -2.41. The summed E-state index contributed by atoms with van der Waals surface area (Å²) in [4.78, 5) is 0. The quantitative estimate of drug-likeness (QED) is 0.786. The molecule has 5 heteroatoms. The predicted octanol–water partition coefficient (Wildman–Crippen LogP) is 0.901. The number of hydrogen-bond donors (Lipinski definition) is 2. The van der Waals surface area contributed by atoms with E-state index in [9.17, 15) is 10.1 Å². The van der Waals surface area contributed by atoms with Gasteiger partial charge in [-0.2, -0.15) is 0 Å². The molecule has 0 unspecified atom stereocenters. The summed E-state index contributed by atoms with van der Waals surface area (Å²) >= 11 is 0. The van der Waals surface area contributed by atoms with Gasteiger partial charge in [0.15, 0.2) is 0 Å². The summed E-state index contributed by atoms with van der Waals surface area (Å²) < 4.78 is 7.39. The third kappa shape index (κ3) is 3.00. The van der Waals surface area contributed by atoms with Gasteiger partial charge in [-0.25, -0.2) is 0 Å². The van der Waals surface area contributed by atoms with Crippen LogP contribution in [0.2, 0.25) is 0 Å². The van der Waals surface area contributed by atoms with Gasteiger partial charge in [-0.1, -0.05) is 32.0 Å². The van der Waals surface area contributed by atoms with Crippen LogP contribution in [0.1, 0.15) is 13.8 Å². The Morgan fingerprint density at radius 3 is 2.63 bits per heavy atom. The maximum absolute atomic E-state index is 10.1. The highest BCUT2D eigenvalue weighted by Crippen LogP contribution is 2.15.